The third-order valence-corrected chi connectivity index (χ3v) is 24.7. The van der Waals surface area contributed by atoms with Gasteiger partial charge in [0.2, 0.25) is 0 Å². The number of fused-ring (bicyclic) bond motifs is 13. The molecule has 0 nitrogen and oxygen atoms in total. The molecule has 0 saturated heterocycles. The Kier molecular flexibility index (Phi) is 15.7. The predicted octanol–water partition coefficient (Wildman–Crippen LogP) is 31.1. The van der Waals surface area contributed by atoms with E-state index in [-0.39, 0.29) is 10.8 Å². The molecule has 0 unspecified atom stereocenters. The van der Waals surface area contributed by atoms with Crippen LogP contribution in [-0.2, 0) is 10.8 Å². The Morgan fingerprint density at radius 1 is 0.134 bits per heavy atom. The Bertz CT molecular complexity index is 7200. The van der Waals surface area contributed by atoms with Crippen molar-refractivity contribution in [2.24, 2.45) is 0 Å². The molecule has 0 heterocycles. The highest BCUT2D eigenvalue weighted by Crippen LogP contribution is 2.55. The molecule has 0 saturated carbocycles. The Balaban J connectivity index is 0.000000142. The summed E-state index contributed by atoms with van der Waals surface area (Å²) < 4.78 is 0. The quantitative estimate of drug-likeness (QED) is 0.126. The molecule has 0 radical (unpaired) electrons. The molecule has 0 atom stereocenters. The summed E-state index contributed by atoms with van der Waals surface area (Å²) in [5.41, 5.74) is 33.2. The first kappa shape index (κ1) is 66.4. The van der Waals surface area contributed by atoms with Gasteiger partial charge in [-0.15, -0.1) is 0 Å². The number of hydrogen-bond donors (Lipinski definition) is 0. The van der Waals surface area contributed by atoms with Gasteiger partial charge in [0.15, 0.2) is 0 Å². The van der Waals surface area contributed by atoms with Gasteiger partial charge in [0.05, 0.1) is 0 Å². The van der Waals surface area contributed by atoms with E-state index in [1.54, 1.807) is 0 Å². The molecule has 20 aromatic carbocycles. The van der Waals surface area contributed by atoms with E-state index in [2.05, 4.69) is 428 Å². The third kappa shape index (κ3) is 10.8. The van der Waals surface area contributed by atoms with Gasteiger partial charge in [-0.3, -0.25) is 0 Å². The second-order valence-electron chi connectivity index (χ2n) is 31.6. The number of benzene rings is 20. The van der Waals surface area contributed by atoms with E-state index in [4.69, 9.17) is 0 Å². The first-order valence-electron chi connectivity index (χ1n) is 39.4. The van der Waals surface area contributed by atoms with Crippen LogP contribution in [-0.4, -0.2) is 0 Å². The van der Waals surface area contributed by atoms with Crippen molar-refractivity contribution in [2.45, 2.75) is 38.5 Å². The van der Waals surface area contributed by atoms with E-state index in [1.807, 2.05) is 0 Å². The molecule has 112 heavy (non-hydrogen) atoms. The Morgan fingerprint density at radius 2 is 0.420 bits per heavy atom. The van der Waals surface area contributed by atoms with Crippen LogP contribution < -0.4 is 0 Å². The van der Waals surface area contributed by atoms with Gasteiger partial charge in [0, 0.05) is 10.8 Å². The minimum absolute atomic E-state index is 0.0959. The zero-order valence-electron chi connectivity index (χ0n) is 63.1. The average molecular weight is 1420 g/mol. The molecule has 0 heteroatoms. The van der Waals surface area contributed by atoms with E-state index in [0.29, 0.717) is 0 Å². The lowest BCUT2D eigenvalue weighted by atomic mass is 9.80. The van der Waals surface area contributed by atoms with Crippen LogP contribution in [0.4, 0.5) is 0 Å². The van der Waals surface area contributed by atoms with Crippen LogP contribution in [0.2, 0.25) is 0 Å². The number of rotatable bonds is 9. The minimum Gasteiger partial charge on any atom is -0.0622 e. The van der Waals surface area contributed by atoms with Gasteiger partial charge in [-0.25, -0.2) is 0 Å². The number of hydrogen-bond acceptors (Lipinski definition) is 0. The lowest BCUT2D eigenvalue weighted by molar-refractivity contribution is 0.660. The van der Waals surface area contributed by atoms with E-state index in [9.17, 15) is 0 Å². The first-order valence-corrected chi connectivity index (χ1v) is 39.4. The van der Waals surface area contributed by atoms with Crippen LogP contribution >= 0.6 is 0 Å². The summed E-state index contributed by atoms with van der Waals surface area (Å²) in [7, 11) is 0. The highest BCUT2D eigenvalue weighted by molar-refractivity contribution is 6.26. The van der Waals surface area contributed by atoms with Crippen LogP contribution in [0.25, 0.3) is 198 Å². The van der Waals surface area contributed by atoms with Gasteiger partial charge in [-0.2, -0.15) is 0 Å². The van der Waals surface area contributed by atoms with E-state index >= 15 is 0 Å². The molecule has 0 aromatic heterocycles. The molecule has 0 aliphatic heterocycles. The lowest BCUT2D eigenvalue weighted by Crippen LogP contribution is -2.14. The van der Waals surface area contributed by atoms with Crippen molar-refractivity contribution in [1.29, 1.82) is 0 Å². The van der Waals surface area contributed by atoms with E-state index < -0.39 is 0 Å². The second kappa shape index (κ2) is 26.5. The van der Waals surface area contributed by atoms with Crippen molar-refractivity contribution in [1.82, 2.24) is 0 Å². The largest absolute Gasteiger partial charge is 0.0622 e. The molecular weight excluding hydrogens is 1350 g/mol. The zero-order chi connectivity index (χ0) is 74.8. The molecule has 0 bridgehead atoms. The fraction of sp³-hybridized carbons (Fsp3) is 0.0536. The summed E-state index contributed by atoms with van der Waals surface area (Å²) in [6, 6.07) is 149. The summed E-state index contributed by atoms with van der Waals surface area (Å²) in [6.45, 7) is 9.51. The molecule has 2 aliphatic rings. The fourth-order valence-electron chi connectivity index (χ4n) is 19.3. The van der Waals surface area contributed by atoms with Gasteiger partial charge in [0.25, 0.3) is 0 Å². The van der Waals surface area contributed by atoms with Crippen molar-refractivity contribution in [3.63, 3.8) is 0 Å². The summed E-state index contributed by atoms with van der Waals surface area (Å²) in [4.78, 5) is 0. The molecule has 0 amide bonds. The second-order valence-corrected chi connectivity index (χ2v) is 31.6. The highest BCUT2D eigenvalue weighted by Gasteiger charge is 2.37. The van der Waals surface area contributed by atoms with Gasteiger partial charge < -0.3 is 0 Å². The normalized spacial score (nSPS) is 13.0. The third-order valence-electron chi connectivity index (χ3n) is 24.7. The Morgan fingerprint density at radius 3 is 0.938 bits per heavy atom. The molecule has 20 aromatic rings. The molecule has 2 aliphatic carbocycles. The molecule has 22 rings (SSSR count). The smallest absolute Gasteiger partial charge is 0.0159 e. The molecule has 0 N–H and O–H groups in total. The summed E-state index contributed by atoms with van der Waals surface area (Å²) >= 11 is 0. The average Bonchev–Trinajstić information content (AvgIpc) is 0.916. The van der Waals surface area contributed by atoms with Crippen molar-refractivity contribution in [3.05, 3.63) is 423 Å². The zero-order valence-corrected chi connectivity index (χ0v) is 63.1. The highest BCUT2D eigenvalue weighted by atomic mass is 14.4. The van der Waals surface area contributed by atoms with Crippen molar-refractivity contribution in [2.75, 3.05) is 0 Å². The fourth-order valence-corrected chi connectivity index (χ4v) is 19.3. The summed E-state index contributed by atoms with van der Waals surface area (Å²) in [5.74, 6) is 0. The monoisotopic (exact) mass is 1420 g/mol. The van der Waals surface area contributed by atoms with E-state index in [0.717, 1.165) is 0 Å². The minimum atomic E-state index is -0.0962. The predicted molar refractivity (Wildman–Crippen MR) is 479 cm³/mol. The van der Waals surface area contributed by atoms with Gasteiger partial charge in [0.1, 0.15) is 0 Å². The SMILES string of the molecule is CC1(C)c2ccccc2-c2ccc(-c3c4ccccc4c(-c4ccc(-c5ccccc5)c5ccccc45)c4ccc(-c5cccc6ccccc56)cc34)cc21.CC1(C)c2ccccc2-c2ccc(-c3c4ccccc4c(-c4cccc(-c5ccc(-c6ccccc6)cc5)c4)c4ccc(-c5cccc6ccccc56)cc34)cc21. The van der Waals surface area contributed by atoms with Crippen LogP contribution in [0.1, 0.15) is 49.9 Å². The lowest BCUT2D eigenvalue weighted by Gasteiger charge is -2.23. The van der Waals surface area contributed by atoms with Gasteiger partial charge in [-0.05, 0) is 250 Å². The molecular formula is C112H78. The Hall–Kier alpha value is -13.8. The molecule has 0 spiro atoms. The molecule has 0 fully saturated rings. The topological polar surface area (TPSA) is 0 Å². The summed E-state index contributed by atoms with van der Waals surface area (Å²) in [5, 5.41) is 17.7. The van der Waals surface area contributed by atoms with Crippen LogP contribution in [0.3, 0.4) is 0 Å². The van der Waals surface area contributed by atoms with Gasteiger partial charge >= 0.3 is 0 Å². The van der Waals surface area contributed by atoms with Crippen molar-refractivity contribution in [3.8, 4) is 122 Å². The first-order chi connectivity index (χ1) is 55.1. The standard InChI is InChI=1S/C57H40.C55H38/c1-57(2)53-25-11-10-21-47(53)48-32-31-44(36-54(48)57)56-50-23-9-8-22-49(50)55(51-33-30-42(35-52(51)56)46-24-13-17-40-16-6-7-20-45(40)46)43-19-12-18-41(34-43)39-28-26-38(27-29-39)37-14-4-3-5-15-37;1-55(2)51-26-13-12-22-44(51)45-29-28-38(34-52(45)55)53-46-23-10-11-24-47(46)54(48-32-31-41(35-15-4-3-5-16-35)42-20-8-9-21-43(42)48)49-30-27-37(33-50(49)53)40-25-14-18-36-17-6-7-19-39(36)40/h3-36H,1-2H3;3-34H,1-2H3. The van der Waals surface area contributed by atoms with Gasteiger partial charge in [-0.1, -0.05) is 398 Å². The van der Waals surface area contributed by atoms with Crippen molar-refractivity contribution >= 4 is 75.4 Å². The van der Waals surface area contributed by atoms with E-state index in [1.165, 1.54) is 220 Å². The maximum atomic E-state index is 2.49. The van der Waals surface area contributed by atoms with Crippen LogP contribution in [0, 0.1) is 0 Å². The maximum absolute atomic E-state index is 2.49. The Labute approximate surface area is 654 Å². The summed E-state index contributed by atoms with van der Waals surface area (Å²) in [6.07, 6.45) is 0. The van der Waals surface area contributed by atoms with Crippen LogP contribution in [0.5, 0.6) is 0 Å². The molecule has 526 valence electrons. The van der Waals surface area contributed by atoms with Crippen LogP contribution in [0.15, 0.2) is 400 Å². The van der Waals surface area contributed by atoms with Crippen molar-refractivity contribution < 1.29 is 0 Å². The maximum Gasteiger partial charge on any atom is 0.0159 e.